The molecular formula is C22H31N3O2S2. The molecular weight excluding hydrogens is 402 g/mol. The second kappa shape index (κ2) is 8.36. The van der Waals surface area contributed by atoms with Crippen LogP contribution in [0.4, 0.5) is 0 Å². The van der Waals surface area contributed by atoms with E-state index in [4.69, 9.17) is 12.2 Å². The van der Waals surface area contributed by atoms with Gasteiger partial charge in [-0.1, -0.05) is 32.0 Å². The molecule has 1 aromatic carbocycles. The van der Waals surface area contributed by atoms with Gasteiger partial charge in [-0.2, -0.15) is 0 Å². The van der Waals surface area contributed by atoms with Crippen LogP contribution in [0.15, 0.2) is 30.3 Å². The molecule has 2 aromatic rings. The Morgan fingerprint density at radius 1 is 1.14 bits per heavy atom. The zero-order valence-corrected chi connectivity index (χ0v) is 19.0. The van der Waals surface area contributed by atoms with Crippen LogP contribution in [-0.2, 0) is 29.3 Å². The number of hydrogen-bond acceptors (Lipinski definition) is 4. The minimum Gasteiger partial charge on any atom is -0.307 e. The zero-order valence-electron chi connectivity index (χ0n) is 17.4. The Kier molecular flexibility index (Phi) is 6.00. The predicted molar refractivity (Wildman–Crippen MR) is 120 cm³/mol. The molecule has 1 aromatic heterocycles. The summed E-state index contributed by atoms with van der Waals surface area (Å²) in [4.78, 5) is 2.36. The van der Waals surface area contributed by atoms with Crippen molar-refractivity contribution in [3.8, 4) is 5.69 Å². The Bertz CT molecular complexity index is 1020. The van der Waals surface area contributed by atoms with Gasteiger partial charge in [-0.05, 0) is 62.4 Å². The third kappa shape index (κ3) is 4.37. The van der Waals surface area contributed by atoms with Crippen LogP contribution in [0.2, 0.25) is 0 Å². The molecule has 1 saturated heterocycles. The SMILES string of the molecule is CC(C)CN(Cn1c2c(n(-c3ccccc3)c1=S)CCCC2)C1CCS(=O)(=O)C1. The van der Waals surface area contributed by atoms with Crippen LogP contribution < -0.4 is 0 Å². The first-order chi connectivity index (χ1) is 13.9. The molecule has 1 unspecified atom stereocenters. The van der Waals surface area contributed by atoms with Crippen molar-refractivity contribution in [3.63, 3.8) is 0 Å². The number of rotatable bonds is 6. The zero-order chi connectivity index (χ0) is 20.6. The van der Waals surface area contributed by atoms with E-state index in [1.54, 1.807) is 0 Å². The summed E-state index contributed by atoms with van der Waals surface area (Å²) in [6, 6.07) is 10.5. The van der Waals surface area contributed by atoms with E-state index in [-0.39, 0.29) is 11.8 Å². The highest BCUT2D eigenvalue weighted by Crippen LogP contribution is 2.28. The maximum atomic E-state index is 12.1. The lowest BCUT2D eigenvalue weighted by Crippen LogP contribution is -2.40. The van der Waals surface area contributed by atoms with Gasteiger partial charge in [-0.25, -0.2) is 8.42 Å². The van der Waals surface area contributed by atoms with Crippen molar-refractivity contribution in [1.29, 1.82) is 0 Å². The Morgan fingerprint density at radius 2 is 1.83 bits per heavy atom. The standard InChI is InChI=1S/C22H31N3O2S2/c1-17(2)14-23(19-12-13-29(26,27)15-19)16-24-20-10-6-7-11-21(20)25(22(24)28)18-8-4-3-5-9-18/h3-5,8-9,17,19H,6-7,10-16H2,1-2H3. The number of aromatic nitrogens is 2. The van der Waals surface area contributed by atoms with Crippen LogP contribution in [-0.4, -0.2) is 46.5 Å². The van der Waals surface area contributed by atoms with E-state index >= 15 is 0 Å². The van der Waals surface area contributed by atoms with E-state index in [0.717, 1.165) is 36.3 Å². The molecule has 0 saturated carbocycles. The van der Waals surface area contributed by atoms with Gasteiger partial charge in [0.05, 0.1) is 18.2 Å². The van der Waals surface area contributed by atoms with Crippen LogP contribution in [0, 0.1) is 10.7 Å². The first-order valence-electron chi connectivity index (χ1n) is 10.7. The fraction of sp³-hybridized carbons (Fsp3) is 0.591. The molecule has 1 aliphatic carbocycles. The van der Waals surface area contributed by atoms with Crippen molar-refractivity contribution in [3.05, 3.63) is 46.5 Å². The Labute approximate surface area is 179 Å². The summed E-state index contributed by atoms with van der Waals surface area (Å²) in [7, 11) is -2.92. The Balaban J connectivity index is 1.73. The second-order valence-corrected chi connectivity index (χ2v) is 11.4. The van der Waals surface area contributed by atoms with E-state index in [2.05, 4.69) is 52.1 Å². The van der Waals surface area contributed by atoms with Crippen LogP contribution in [0.5, 0.6) is 0 Å². The van der Waals surface area contributed by atoms with Crippen LogP contribution in [0.25, 0.3) is 5.69 Å². The molecule has 0 spiro atoms. The summed E-state index contributed by atoms with van der Waals surface area (Å²) in [6.45, 7) is 5.95. The van der Waals surface area contributed by atoms with E-state index in [0.29, 0.717) is 18.3 Å². The van der Waals surface area contributed by atoms with Gasteiger partial charge in [0.25, 0.3) is 0 Å². The van der Waals surface area contributed by atoms with Crippen molar-refractivity contribution < 1.29 is 8.42 Å². The highest BCUT2D eigenvalue weighted by Gasteiger charge is 2.33. The molecule has 158 valence electrons. The molecule has 1 aliphatic heterocycles. The van der Waals surface area contributed by atoms with Crippen molar-refractivity contribution in [1.82, 2.24) is 14.0 Å². The lowest BCUT2D eigenvalue weighted by molar-refractivity contribution is 0.143. The quantitative estimate of drug-likeness (QED) is 0.647. The number of fused-ring (bicyclic) bond motifs is 1. The second-order valence-electron chi connectivity index (χ2n) is 8.85. The number of hydrogen-bond donors (Lipinski definition) is 0. The van der Waals surface area contributed by atoms with E-state index in [1.165, 1.54) is 24.2 Å². The highest BCUT2D eigenvalue weighted by atomic mass is 32.2. The number of para-hydroxylation sites is 1. The summed E-state index contributed by atoms with van der Waals surface area (Å²) in [6.07, 6.45) is 5.18. The van der Waals surface area contributed by atoms with E-state index in [1.807, 2.05) is 6.07 Å². The van der Waals surface area contributed by atoms with Gasteiger partial charge in [0.2, 0.25) is 0 Å². The molecule has 0 bridgehead atoms. The van der Waals surface area contributed by atoms with Crippen LogP contribution in [0.1, 0.15) is 44.5 Å². The van der Waals surface area contributed by atoms with Gasteiger partial charge < -0.3 is 4.57 Å². The lowest BCUT2D eigenvalue weighted by Gasteiger charge is -2.31. The summed E-state index contributed by atoms with van der Waals surface area (Å²) < 4.78 is 29.6. The highest BCUT2D eigenvalue weighted by molar-refractivity contribution is 7.91. The van der Waals surface area contributed by atoms with Gasteiger partial charge in [-0.3, -0.25) is 9.47 Å². The first kappa shape index (κ1) is 20.8. The Morgan fingerprint density at radius 3 is 2.45 bits per heavy atom. The maximum absolute atomic E-state index is 12.1. The monoisotopic (exact) mass is 433 g/mol. The molecule has 5 nitrogen and oxygen atoms in total. The summed E-state index contributed by atoms with van der Waals surface area (Å²) in [5.41, 5.74) is 3.78. The summed E-state index contributed by atoms with van der Waals surface area (Å²) in [5.74, 6) is 1.05. The average Bonchev–Trinajstić information content (AvgIpc) is 3.18. The van der Waals surface area contributed by atoms with Gasteiger partial charge in [0.1, 0.15) is 0 Å². The van der Waals surface area contributed by atoms with Crippen LogP contribution in [0.3, 0.4) is 0 Å². The topological polar surface area (TPSA) is 47.2 Å². The largest absolute Gasteiger partial charge is 0.307 e. The number of sulfone groups is 1. The molecule has 0 amide bonds. The molecule has 1 fully saturated rings. The van der Waals surface area contributed by atoms with Gasteiger partial charge >= 0.3 is 0 Å². The van der Waals surface area contributed by atoms with Gasteiger partial charge in [0.15, 0.2) is 14.6 Å². The third-order valence-corrected chi connectivity index (χ3v) is 8.24. The van der Waals surface area contributed by atoms with Gasteiger partial charge in [-0.15, -0.1) is 0 Å². The average molecular weight is 434 g/mol. The normalized spacial score (nSPS) is 21.0. The molecule has 0 radical (unpaired) electrons. The van der Waals surface area contributed by atoms with Crippen molar-refractivity contribution in [2.75, 3.05) is 18.1 Å². The summed E-state index contributed by atoms with van der Waals surface area (Å²) >= 11 is 5.98. The molecule has 1 atom stereocenters. The van der Waals surface area contributed by atoms with E-state index in [9.17, 15) is 8.42 Å². The molecule has 4 rings (SSSR count). The fourth-order valence-corrected chi connectivity index (χ4v) is 6.93. The molecule has 2 aliphatic rings. The third-order valence-electron chi connectivity index (χ3n) is 6.09. The van der Waals surface area contributed by atoms with Gasteiger partial charge in [0, 0.05) is 29.7 Å². The lowest BCUT2D eigenvalue weighted by atomic mass is 10.0. The minimum absolute atomic E-state index is 0.0867. The first-order valence-corrected chi connectivity index (χ1v) is 12.9. The van der Waals surface area contributed by atoms with Crippen molar-refractivity contribution >= 4 is 22.1 Å². The molecule has 2 heterocycles. The smallest absolute Gasteiger partial charge is 0.186 e. The minimum atomic E-state index is -2.92. The molecule has 7 heteroatoms. The maximum Gasteiger partial charge on any atom is 0.186 e. The fourth-order valence-electron chi connectivity index (χ4n) is 4.78. The summed E-state index contributed by atoms with van der Waals surface area (Å²) in [5, 5.41) is 0. The van der Waals surface area contributed by atoms with Crippen molar-refractivity contribution in [2.45, 2.75) is 58.7 Å². The Hall–Kier alpha value is -1.44. The van der Waals surface area contributed by atoms with Crippen LogP contribution >= 0.6 is 12.2 Å². The van der Waals surface area contributed by atoms with Crippen molar-refractivity contribution in [2.24, 2.45) is 5.92 Å². The molecule has 29 heavy (non-hydrogen) atoms. The number of nitrogens with zero attached hydrogens (tertiary/aromatic N) is 3. The molecule has 0 N–H and O–H groups in total. The number of imidazole rings is 1. The number of benzene rings is 1. The predicted octanol–water partition coefficient (Wildman–Crippen LogP) is 3.99. The van der Waals surface area contributed by atoms with E-state index < -0.39 is 9.84 Å².